The van der Waals surface area contributed by atoms with E-state index in [1.54, 1.807) is 19.1 Å². The van der Waals surface area contributed by atoms with Crippen LogP contribution in [0.5, 0.6) is 11.8 Å². The van der Waals surface area contributed by atoms with Crippen molar-refractivity contribution < 1.29 is 43.4 Å². The van der Waals surface area contributed by atoms with Gasteiger partial charge in [-0.3, -0.25) is 19.4 Å². The third-order valence-corrected chi connectivity index (χ3v) is 12.8. The van der Waals surface area contributed by atoms with Crippen LogP contribution in [0.15, 0.2) is 94.0 Å². The van der Waals surface area contributed by atoms with E-state index in [0.717, 1.165) is 11.1 Å². The van der Waals surface area contributed by atoms with E-state index in [1.165, 1.54) is 0 Å². The summed E-state index contributed by atoms with van der Waals surface area (Å²) in [5.41, 5.74) is -1.06. The predicted octanol–water partition coefficient (Wildman–Crippen LogP) is 5.34. The van der Waals surface area contributed by atoms with Gasteiger partial charge in [0.1, 0.15) is 35.5 Å². The Balaban J connectivity index is 0.000000172. The monoisotopic (exact) mass is 830 g/mol. The molecule has 13 nitrogen and oxygen atoms in total. The number of hydrogen-bond donors (Lipinski definition) is 3. The second kappa shape index (κ2) is 15.5. The lowest BCUT2D eigenvalue weighted by molar-refractivity contribution is -0.0861. The molecule has 3 N–H and O–H groups in total. The van der Waals surface area contributed by atoms with Crippen molar-refractivity contribution in [2.75, 3.05) is 28.2 Å². The zero-order valence-corrected chi connectivity index (χ0v) is 33.7. The van der Waals surface area contributed by atoms with E-state index in [2.05, 4.69) is 26.2 Å². The summed E-state index contributed by atoms with van der Waals surface area (Å²) in [6, 6.07) is 18.4. The van der Waals surface area contributed by atoms with Crippen LogP contribution in [0.3, 0.4) is 0 Å². The first-order chi connectivity index (χ1) is 26.7. The summed E-state index contributed by atoms with van der Waals surface area (Å²) >= 11 is 3.56. The van der Waals surface area contributed by atoms with E-state index in [1.807, 2.05) is 118 Å². The van der Waals surface area contributed by atoms with Gasteiger partial charge in [0.05, 0.1) is 18.2 Å². The number of benzene rings is 2. The zero-order chi connectivity index (χ0) is 40.1. The van der Waals surface area contributed by atoms with Crippen molar-refractivity contribution in [3.8, 4) is 11.8 Å². The molecule has 0 saturated carbocycles. The molecule has 0 fully saturated rings. The fourth-order valence-electron chi connectivity index (χ4n) is 8.49. The van der Waals surface area contributed by atoms with Crippen molar-refractivity contribution in [2.45, 2.75) is 61.3 Å². The van der Waals surface area contributed by atoms with Crippen LogP contribution in [0.1, 0.15) is 69.3 Å². The summed E-state index contributed by atoms with van der Waals surface area (Å²) in [6.45, 7) is 4.04. The SMILES string of the molecule is C[C@@H]1[C@@H](Br)C=C[C@H]2[C@H](N(C)C)c3onc(OCc4ccccc4)c3C(=O)[C@@]12O.C[C@@H]1[C@H](O)C=C[C@H]2[C@H](N(C)C)c3onc(OCc4ccccc4)c3C(=O)[C@@]12O. The molecule has 2 aromatic heterocycles. The molecule has 10 atom stereocenters. The maximum absolute atomic E-state index is 13.5. The minimum absolute atomic E-state index is 0.0684. The molecule has 14 heteroatoms. The number of aliphatic hydroxyl groups excluding tert-OH is 1. The van der Waals surface area contributed by atoms with E-state index in [-0.39, 0.29) is 52.9 Å². The summed E-state index contributed by atoms with van der Waals surface area (Å²) in [5.74, 6) is -1.88. The third kappa shape index (κ3) is 6.55. The van der Waals surface area contributed by atoms with Gasteiger partial charge in [-0.05, 0) is 49.6 Å². The van der Waals surface area contributed by atoms with Crippen LogP contribution in [0, 0.1) is 23.7 Å². The number of carbonyl (C=O) groups excluding carboxylic acids is 2. The standard InChI is InChI=1S/C21H23BrN2O4.C21H24N2O5/c1-12-15(22)10-9-14-17(24(2)3)18-16(19(25)21(12,14)26)20(23-28-18)27-11-13-7-5-4-6-8-13;1-12-15(24)10-9-14-17(23(2)3)18-16(19(25)21(12,14)26)20(22-28-18)27-11-13-7-5-4-6-8-13/h4-10,12,14-15,17,26H,11H2,1-3H3;4-10,12,14-15,17,24,26H,11H2,1-3H3/t12-,14+,15+,17+,21-;12-,14+,15-,17+,21-/m11/s1. The van der Waals surface area contributed by atoms with Gasteiger partial charge in [0.15, 0.2) is 11.5 Å². The van der Waals surface area contributed by atoms with E-state index >= 15 is 0 Å². The van der Waals surface area contributed by atoms with Crippen molar-refractivity contribution in [3.63, 3.8) is 0 Å². The van der Waals surface area contributed by atoms with Crippen LogP contribution in [-0.4, -0.2) is 97.3 Å². The van der Waals surface area contributed by atoms with E-state index in [4.69, 9.17) is 18.5 Å². The Morgan fingerprint density at radius 2 is 1.09 bits per heavy atom. The lowest BCUT2D eigenvalue weighted by atomic mass is 9.61. The Kier molecular flexibility index (Phi) is 11.0. The molecule has 8 rings (SSSR count). The summed E-state index contributed by atoms with van der Waals surface area (Å²) < 4.78 is 22.7. The molecule has 2 heterocycles. The molecule has 56 heavy (non-hydrogen) atoms. The van der Waals surface area contributed by atoms with Gasteiger partial charge in [-0.2, -0.15) is 0 Å². The largest absolute Gasteiger partial charge is 0.470 e. The van der Waals surface area contributed by atoms with Gasteiger partial charge in [-0.25, -0.2) is 0 Å². The summed E-state index contributed by atoms with van der Waals surface area (Å²) in [7, 11) is 7.50. The number of ketones is 2. The van der Waals surface area contributed by atoms with Crippen LogP contribution in [0.2, 0.25) is 0 Å². The highest BCUT2D eigenvalue weighted by Gasteiger charge is 2.62. The first-order valence-corrected chi connectivity index (χ1v) is 19.5. The van der Waals surface area contributed by atoms with Gasteiger partial charge in [0.25, 0.3) is 11.8 Å². The second-order valence-electron chi connectivity index (χ2n) is 15.5. The topological polar surface area (TPSA) is 172 Å². The number of ether oxygens (including phenoxy) is 2. The molecule has 4 aromatic rings. The molecule has 296 valence electrons. The van der Waals surface area contributed by atoms with Crippen molar-refractivity contribution >= 4 is 27.5 Å². The average molecular weight is 832 g/mol. The third-order valence-electron chi connectivity index (χ3n) is 11.7. The smallest absolute Gasteiger partial charge is 0.265 e. The molecule has 0 aliphatic heterocycles. The first-order valence-electron chi connectivity index (χ1n) is 18.6. The summed E-state index contributed by atoms with van der Waals surface area (Å²) in [6.07, 6.45) is 6.30. The van der Waals surface area contributed by atoms with Crippen LogP contribution in [0.4, 0.5) is 0 Å². The number of aliphatic hydroxyl groups is 3. The highest BCUT2D eigenvalue weighted by atomic mass is 79.9. The lowest BCUT2D eigenvalue weighted by Crippen LogP contribution is -2.61. The molecular weight excluding hydrogens is 784 g/mol. The molecule has 0 radical (unpaired) electrons. The molecule has 0 bridgehead atoms. The Bertz CT molecular complexity index is 1970. The number of allylic oxidation sites excluding steroid dienone is 1. The second-order valence-corrected chi connectivity index (χ2v) is 16.5. The molecule has 4 aliphatic rings. The van der Waals surface area contributed by atoms with Gasteiger partial charge >= 0.3 is 0 Å². The molecule has 0 amide bonds. The molecule has 0 spiro atoms. The van der Waals surface area contributed by atoms with Gasteiger partial charge < -0.3 is 33.8 Å². The highest BCUT2D eigenvalue weighted by molar-refractivity contribution is 9.09. The number of hydrogen-bond acceptors (Lipinski definition) is 13. The van der Waals surface area contributed by atoms with E-state index in [9.17, 15) is 24.9 Å². The van der Waals surface area contributed by atoms with Crippen molar-refractivity contribution in [1.29, 1.82) is 0 Å². The van der Waals surface area contributed by atoms with Crippen molar-refractivity contribution in [1.82, 2.24) is 20.1 Å². The van der Waals surface area contributed by atoms with Crippen LogP contribution in [0.25, 0.3) is 0 Å². The normalized spacial score (nSPS) is 31.6. The van der Waals surface area contributed by atoms with Crippen LogP contribution < -0.4 is 9.47 Å². The average Bonchev–Trinajstić information content (AvgIpc) is 3.81. The molecular formula is C42H47BrN4O9. The Labute approximate surface area is 333 Å². The number of nitrogens with zero attached hydrogens (tertiary/aromatic N) is 4. The van der Waals surface area contributed by atoms with E-state index < -0.39 is 52.7 Å². The first kappa shape index (κ1) is 39.8. The Hall–Kier alpha value is -4.44. The number of rotatable bonds is 8. The maximum atomic E-state index is 13.5. The number of halogens is 1. The fourth-order valence-corrected chi connectivity index (χ4v) is 9.07. The van der Waals surface area contributed by atoms with Crippen LogP contribution in [-0.2, 0) is 13.2 Å². The van der Waals surface area contributed by atoms with Gasteiger partial charge in [-0.15, -0.1) is 0 Å². The number of alkyl halides is 1. The minimum atomic E-state index is -1.77. The summed E-state index contributed by atoms with van der Waals surface area (Å²) in [4.78, 5) is 30.6. The molecule has 0 saturated heterocycles. The molecule has 4 aliphatic carbocycles. The van der Waals surface area contributed by atoms with Crippen molar-refractivity contribution in [2.24, 2.45) is 23.7 Å². The van der Waals surface area contributed by atoms with Crippen molar-refractivity contribution in [3.05, 3.63) is 119 Å². The van der Waals surface area contributed by atoms with Gasteiger partial charge in [0, 0.05) is 28.5 Å². The predicted molar refractivity (Wildman–Crippen MR) is 208 cm³/mol. The number of carbonyl (C=O) groups is 2. The lowest BCUT2D eigenvalue weighted by Gasteiger charge is -2.48. The highest BCUT2D eigenvalue weighted by Crippen LogP contribution is 2.53. The van der Waals surface area contributed by atoms with Gasteiger partial charge in [-0.1, -0.05) is 115 Å². The molecule has 0 unspecified atom stereocenters. The zero-order valence-electron chi connectivity index (χ0n) is 32.1. The van der Waals surface area contributed by atoms with Crippen LogP contribution >= 0.6 is 15.9 Å². The Morgan fingerprint density at radius 1 is 0.679 bits per heavy atom. The Morgan fingerprint density at radius 3 is 1.52 bits per heavy atom. The van der Waals surface area contributed by atoms with Gasteiger partial charge in [0.2, 0.25) is 11.6 Å². The number of fused-ring (bicyclic) bond motifs is 4. The number of aromatic nitrogens is 2. The molecule has 2 aromatic carbocycles. The summed E-state index contributed by atoms with van der Waals surface area (Å²) in [5, 5.41) is 41.4. The van der Waals surface area contributed by atoms with E-state index in [0.29, 0.717) is 11.5 Å². The fraction of sp³-hybridized carbons (Fsp3) is 0.429. The number of Topliss-reactive ketones (excluding diaryl/α,β-unsaturated/α-hetero) is 2. The quantitative estimate of drug-likeness (QED) is 0.154. The minimum Gasteiger partial charge on any atom is -0.470 e. The maximum Gasteiger partial charge on any atom is 0.265 e.